The number of fused-ring (bicyclic) bond motifs is 2. The van der Waals surface area contributed by atoms with Gasteiger partial charge in [-0.3, -0.25) is 18.8 Å². The van der Waals surface area contributed by atoms with E-state index in [4.69, 9.17) is 14.2 Å². The Kier molecular flexibility index (Phi) is 5.32. The molecule has 1 amide bonds. The number of aryl methyl sites for hydroxylation is 2. The summed E-state index contributed by atoms with van der Waals surface area (Å²) in [6.45, 7) is 3.54. The number of cyclic esters (lactones) is 1. The van der Waals surface area contributed by atoms with Crippen LogP contribution in [-0.2, 0) is 23.9 Å². The van der Waals surface area contributed by atoms with Crippen molar-refractivity contribution < 1.29 is 38.5 Å². The van der Waals surface area contributed by atoms with Crippen molar-refractivity contribution in [2.45, 2.75) is 38.4 Å². The van der Waals surface area contributed by atoms with Crippen molar-refractivity contribution in [1.82, 2.24) is 14.3 Å². The number of ether oxygens (including phenoxy) is 3. The van der Waals surface area contributed by atoms with Crippen LogP contribution in [0.4, 0.5) is 0 Å². The van der Waals surface area contributed by atoms with Crippen LogP contribution in [0.15, 0.2) is 30.5 Å². The van der Waals surface area contributed by atoms with E-state index < -0.39 is 48.4 Å². The molecule has 4 heterocycles. The van der Waals surface area contributed by atoms with Crippen molar-refractivity contribution >= 4 is 29.5 Å². The molecular formula is C25H23N3O8. The third-order valence-electron chi connectivity index (χ3n) is 6.19. The van der Waals surface area contributed by atoms with E-state index in [9.17, 15) is 24.3 Å². The molecule has 0 saturated heterocycles. The summed E-state index contributed by atoms with van der Waals surface area (Å²) in [4.78, 5) is 57.9. The summed E-state index contributed by atoms with van der Waals surface area (Å²) in [7, 11) is 3.02. The minimum Gasteiger partial charge on any atom is -0.445 e. The number of carbonyl (C=O) groups is 4. The lowest BCUT2D eigenvalue weighted by atomic mass is 9.95. The molecule has 2 unspecified atom stereocenters. The number of carbonyl (C=O) groups excluding carboxylic acids is 4. The second-order valence-corrected chi connectivity index (χ2v) is 9.23. The maximum absolute atomic E-state index is 13.3. The summed E-state index contributed by atoms with van der Waals surface area (Å²) in [5, 5.41) is 11.0. The number of pyridine rings is 1. The van der Waals surface area contributed by atoms with Crippen LogP contribution >= 0.6 is 0 Å². The van der Waals surface area contributed by atoms with Crippen molar-refractivity contribution in [2.75, 3.05) is 14.1 Å². The first-order valence-electron chi connectivity index (χ1n) is 11.2. The van der Waals surface area contributed by atoms with Crippen molar-refractivity contribution in [3.8, 4) is 22.8 Å². The quantitative estimate of drug-likeness (QED) is 0.528. The smallest absolute Gasteiger partial charge is 0.345 e. The molecule has 0 spiro atoms. The molecule has 2 aliphatic rings. The topological polar surface area (TPSA) is 137 Å². The molecule has 0 fully saturated rings. The van der Waals surface area contributed by atoms with Crippen LogP contribution in [0.25, 0.3) is 16.9 Å². The minimum absolute atomic E-state index is 0.0427. The van der Waals surface area contributed by atoms with Crippen LogP contribution in [-0.4, -0.2) is 62.9 Å². The number of likely N-dealkylation sites (N-methyl/N-ethyl adjacent to an activating group) is 1. The van der Waals surface area contributed by atoms with Crippen molar-refractivity contribution in [3.63, 3.8) is 0 Å². The van der Waals surface area contributed by atoms with E-state index in [2.05, 4.69) is 4.98 Å². The Morgan fingerprint density at radius 1 is 1.06 bits per heavy atom. The third kappa shape index (κ3) is 3.68. The van der Waals surface area contributed by atoms with Gasteiger partial charge in [-0.05, 0) is 13.8 Å². The maximum Gasteiger partial charge on any atom is 0.345 e. The third-order valence-corrected chi connectivity index (χ3v) is 6.19. The van der Waals surface area contributed by atoms with E-state index in [0.717, 1.165) is 5.56 Å². The van der Waals surface area contributed by atoms with Gasteiger partial charge in [-0.15, -0.1) is 0 Å². The molecule has 11 heteroatoms. The SMILES string of the molecule is Cc1ccc(-c2nc3c4c5c(C)cn3c2C(C(=O)N(C)C)OC(=O)CC(O)(CC(=O)O5)C(=O)O4)cc1. The summed E-state index contributed by atoms with van der Waals surface area (Å²) in [5.41, 5.74) is -0.00912. The lowest BCUT2D eigenvalue weighted by Crippen LogP contribution is -2.47. The molecule has 0 radical (unpaired) electrons. The van der Waals surface area contributed by atoms with Gasteiger partial charge in [0.05, 0.1) is 18.5 Å². The van der Waals surface area contributed by atoms with Crippen molar-refractivity contribution in [1.29, 1.82) is 0 Å². The van der Waals surface area contributed by atoms with Crippen LogP contribution in [0, 0.1) is 13.8 Å². The Hall–Kier alpha value is -4.25. The Labute approximate surface area is 205 Å². The van der Waals surface area contributed by atoms with E-state index in [1.165, 1.54) is 23.4 Å². The number of hydrogen-bond acceptors (Lipinski definition) is 9. The molecule has 2 aliphatic heterocycles. The second-order valence-electron chi connectivity index (χ2n) is 9.23. The fourth-order valence-corrected chi connectivity index (χ4v) is 4.31. The Bertz CT molecular complexity index is 1460. The number of esters is 3. The number of amides is 1. The van der Waals surface area contributed by atoms with Gasteiger partial charge < -0.3 is 24.2 Å². The summed E-state index contributed by atoms with van der Waals surface area (Å²) >= 11 is 0. The van der Waals surface area contributed by atoms with Gasteiger partial charge >= 0.3 is 17.9 Å². The van der Waals surface area contributed by atoms with E-state index in [-0.39, 0.29) is 22.8 Å². The predicted octanol–water partition coefficient (Wildman–Crippen LogP) is 1.64. The number of imidazole rings is 1. The monoisotopic (exact) mass is 493 g/mol. The van der Waals surface area contributed by atoms with Crippen LogP contribution in [0.2, 0.25) is 0 Å². The second kappa shape index (κ2) is 8.16. The van der Waals surface area contributed by atoms with Gasteiger partial charge in [0.25, 0.3) is 5.91 Å². The van der Waals surface area contributed by atoms with Gasteiger partial charge in [-0.1, -0.05) is 29.8 Å². The van der Waals surface area contributed by atoms with Crippen LogP contribution in [0.5, 0.6) is 11.5 Å². The van der Waals surface area contributed by atoms with Crippen LogP contribution in [0.1, 0.15) is 35.8 Å². The Morgan fingerprint density at radius 3 is 2.39 bits per heavy atom. The normalized spacial score (nSPS) is 21.5. The summed E-state index contributed by atoms with van der Waals surface area (Å²) in [5.74, 6) is -4.09. The zero-order valence-electron chi connectivity index (χ0n) is 20.0. The highest BCUT2D eigenvalue weighted by Gasteiger charge is 2.48. The summed E-state index contributed by atoms with van der Waals surface area (Å²) in [6, 6.07) is 7.32. The molecule has 1 N–H and O–H groups in total. The number of aromatic nitrogens is 2. The van der Waals surface area contributed by atoms with Crippen LogP contribution < -0.4 is 9.47 Å². The lowest BCUT2D eigenvalue weighted by Gasteiger charge is -2.27. The highest BCUT2D eigenvalue weighted by molar-refractivity contribution is 5.96. The number of aliphatic hydroxyl groups is 1. The molecule has 5 bridgehead atoms. The summed E-state index contributed by atoms with van der Waals surface area (Å²) in [6.07, 6.45) is -1.69. The van der Waals surface area contributed by atoms with Gasteiger partial charge in [-0.2, -0.15) is 0 Å². The molecule has 2 aromatic heterocycles. The van der Waals surface area contributed by atoms with E-state index in [1.54, 1.807) is 25.3 Å². The van der Waals surface area contributed by atoms with E-state index in [0.29, 0.717) is 16.8 Å². The molecule has 0 aliphatic carbocycles. The first-order valence-corrected chi connectivity index (χ1v) is 11.2. The van der Waals surface area contributed by atoms with Crippen molar-refractivity contribution in [2.24, 2.45) is 0 Å². The molecule has 5 rings (SSSR count). The average molecular weight is 493 g/mol. The first kappa shape index (κ1) is 23.5. The zero-order chi connectivity index (χ0) is 25.9. The molecule has 2 atom stereocenters. The number of benzene rings is 1. The molecule has 186 valence electrons. The number of nitrogens with zero attached hydrogens (tertiary/aromatic N) is 3. The summed E-state index contributed by atoms with van der Waals surface area (Å²) < 4.78 is 18.1. The largest absolute Gasteiger partial charge is 0.445 e. The van der Waals surface area contributed by atoms with Gasteiger partial charge in [-0.25, -0.2) is 9.78 Å². The molecule has 0 saturated carbocycles. The van der Waals surface area contributed by atoms with Gasteiger partial charge in [0.2, 0.25) is 11.9 Å². The average Bonchev–Trinajstić information content (AvgIpc) is 3.16. The number of rotatable bonds is 2. The van der Waals surface area contributed by atoms with E-state index in [1.807, 2.05) is 19.1 Å². The molecule has 1 aromatic carbocycles. The van der Waals surface area contributed by atoms with Crippen LogP contribution in [0.3, 0.4) is 0 Å². The predicted molar refractivity (Wildman–Crippen MR) is 123 cm³/mol. The highest BCUT2D eigenvalue weighted by Crippen LogP contribution is 2.43. The highest BCUT2D eigenvalue weighted by atomic mass is 16.6. The molecular weight excluding hydrogens is 470 g/mol. The fraction of sp³-hybridized carbons (Fsp3) is 0.320. The zero-order valence-corrected chi connectivity index (χ0v) is 20.0. The molecule has 11 nitrogen and oxygen atoms in total. The van der Waals surface area contributed by atoms with Gasteiger partial charge in [0, 0.05) is 31.4 Å². The van der Waals surface area contributed by atoms with E-state index >= 15 is 0 Å². The van der Waals surface area contributed by atoms with Gasteiger partial charge in [0.1, 0.15) is 5.69 Å². The minimum atomic E-state index is -2.56. The lowest BCUT2D eigenvalue weighted by molar-refractivity contribution is -0.174. The standard InChI is InChI=1S/C25H23N3O8/c1-12-5-7-14(8-6-12)17-18-20(23(31)27(3)4)35-16(30)10-25(33)9-15(29)34-19-13(2)11-28(18)22(26-17)21(19)36-24(25)32/h5-8,11,20,33H,9-10H2,1-4H3. The maximum atomic E-state index is 13.3. The number of hydrogen-bond donors (Lipinski definition) is 1. The Balaban J connectivity index is 1.91. The van der Waals surface area contributed by atoms with Gasteiger partial charge in [0.15, 0.2) is 17.0 Å². The van der Waals surface area contributed by atoms with Crippen molar-refractivity contribution in [3.05, 3.63) is 47.3 Å². The first-order chi connectivity index (χ1) is 17.0. The molecule has 3 aromatic rings. The Morgan fingerprint density at radius 2 is 1.72 bits per heavy atom. The molecule has 36 heavy (non-hydrogen) atoms. The fourth-order valence-electron chi connectivity index (χ4n) is 4.31.